The third-order valence-electron chi connectivity index (χ3n) is 10.1. The molecule has 344 valence electrons. The minimum Gasteiger partial charge on any atom is -0.394 e. The van der Waals surface area contributed by atoms with Crippen LogP contribution in [-0.2, 0) is 50.8 Å². The first-order chi connectivity index (χ1) is 30.5. The van der Waals surface area contributed by atoms with Crippen molar-refractivity contribution in [3.63, 3.8) is 0 Å². The van der Waals surface area contributed by atoms with E-state index in [0.29, 0.717) is 0 Å². The van der Waals surface area contributed by atoms with E-state index in [-0.39, 0.29) is 48.0 Å². The Balaban J connectivity index is 1.37. The second-order valence-corrected chi connectivity index (χ2v) is 17.8. The normalized spacial score (nSPS) is 28.2. The van der Waals surface area contributed by atoms with Gasteiger partial charge in [-0.15, -0.1) is 0 Å². The first-order valence-electron chi connectivity index (χ1n) is 19.6. The van der Waals surface area contributed by atoms with Crippen LogP contribution >= 0.6 is 15.6 Å². The zero-order chi connectivity index (χ0) is 46.1. The minimum atomic E-state index is -5.02. The number of anilines is 2. The standard InChI is InChI=1S/C34H41FN12O15P2/c1-16(2)28(49)44-34-41-27-24-31(52)47(34)17(3)29(50)42-33-40-26-23(30(51)43-33)38-15-46(26)32-22(35)25(19(12-48)60-32)62-64(55,57-9-5-4-7-36)58-13-20-18(11-21(59-20)45(27)14-39-24)61-63(53,54)56-10-6-8-37/h14-22,25,32,48H,4-6,9-13H2,1-3H3,(H,53,54)(H,41,44,49)(H2,40,42,43,50,51)/t17?,18-,19?,20?,21?,22+,25+,32?,64?/m0/s1. The van der Waals surface area contributed by atoms with E-state index in [1.165, 1.54) is 11.5 Å². The fourth-order valence-electron chi connectivity index (χ4n) is 6.87. The van der Waals surface area contributed by atoms with E-state index < -0.39 is 132 Å². The van der Waals surface area contributed by atoms with Crippen molar-refractivity contribution in [3.05, 3.63) is 33.4 Å². The Kier molecular flexibility index (Phi) is 13.9. The van der Waals surface area contributed by atoms with Gasteiger partial charge >= 0.3 is 15.6 Å². The van der Waals surface area contributed by atoms with Crippen LogP contribution in [-0.4, -0.2) is 117 Å². The maximum Gasteiger partial charge on any atom is 0.475 e. The van der Waals surface area contributed by atoms with Crippen LogP contribution in [0.1, 0.15) is 65.0 Å². The Morgan fingerprint density at radius 3 is 2.55 bits per heavy atom. The minimum absolute atomic E-state index is 0.00185. The van der Waals surface area contributed by atoms with Crippen molar-refractivity contribution in [3.8, 4) is 12.1 Å². The van der Waals surface area contributed by atoms with Crippen LogP contribution in [0.25, 0.3) is 22.3 Å². The third-order valence-corrected chi connectivity index (χ3v) is 12.6. The lowest BCUT2D eigenvalue weighted by atomic mass is 10.1. The van der Waals surface area contributed by atoms with Gasteiger partial charge in [-0.1, -0.05) is 13.8 Å². The molecule has 0 spiro atoms. The number of carbonyl (C=O) groups is 2. The molecule has 7 unspecified atom stereocenters. The summed E-state index contributed by atoms with van der Waals surface area (Å²) in [6.07, 6.45) is -10.4. The molecule has 0 aliphatic carbocycles. The molecule has 4 aromatic rings. The number of hydrogen-bond donors (Lipinski definition) is 5. The number of halogens is 1. The first kappa shape index (κ1) is 46.6. The zero-order valence-electron chi connectivity index (χ0n) is 34.0. The molecule has 2 saturated heterocycles. The number of aromatic nitrogens is 8. The molecule has 30 heteroatoms. The van der Waals surface area contributed by atoms with Gasteiger partial charge in [0.15, 0.2) is 34.7 Å². The number of aromatic amines is 1. The summed E-state index contributed by atoms with van der Waals surface area (Å²) in [7, 11) is -9.99. The summed E-state index contributed by atoms with van der Waals surface area (Å²) in [5, 5.41) is 33.2. The highest BCUT2D eigenvalue weighted by Crippen LogP contribution is 2.55. The molecule has 5 N–H and O–H groups in total. The molecular formula is C34H41FN12O15P2. The molecule has 4 aliphatic rings. The molecule has 10 bridgehead atoms. The van der Waals surface area contributed by atoms with Crippen LogP contribution in [0.5, 0.6) is 0 Å². The maximum absolute atomic E-state index is 16.7. The van der Waals surface area contributed by atoms with Crippen molar-refractivity contribution < 1.29 is 65.2 Å². The van der Waals surface area contributed by atoms with Crippen LogP contribution in [0.4, 0.5) is 16.3 Å². The summed E-state index contributed by atoms with van der Waals surface area (Å²) in [5.41, 5.74) is -3.06. The molecule has 4 aliphatic heterocycles. The number of phosphoric acid groups is 2. The Bertz CT molecular complexity index is 2730. The van der Waals surface area contributed by atoms with Crippen LogP contribution < -0.4 is 21.8 Å². The van der Waals surface area contributed by atoms with E-state index in [2.05, 4.69) is 35.6 Å². The van der Waals surface area contributed by atoms with Gasteiger partial charge in [0.25, 0.3) is 11.1 Å². The van der Waals surface area contributed by atoms with Crippen LogP contribution in [0, 0.1) is 28.6 Å². The summed E-state index contributed by atoms with van der Waals surface area (Å²) in [4.78, 5) is 84.4. The lowest BCUT2D eigenvalue weighted by Gasteiger charge is -2.26. The van der Waals surface area contributed by atoms with E-state index in [1.807, 2.05) is 6.07 Å². The molecule has 0 aromatic carbocycles. The van der Waals surface area contributed by atoms with Gasteiger partial charge in [-0.25, -0.2) is 23.5 Å². The molecule has 0 radical (unpaired) electrons. The molecule has 2 fully saturated rings. The largest absolute Gasteiger partial charge is 0.475 e. The summed E-state index contributed by atoms with van der Waals surface area (Å²) < 4.78 is 86.4. The number of fused-ring (bicyclic) bond motifs is 6. The van der Waals surface area contributed by atoms with Gasteiger partial charge in [0.05, 0.1) is 57.6 Å². The van der Waals surface area contributed by atoms with Crippen LogP contribution in [0.15, 0.2) is 22.2 Å². The molecular weight excluding hydrogens is 897 g/mol. The summed E-state index contributed by atoms with van der Waals surface area (Å²) >= 11 is 0. The van der Waals surface area contributed by atoms with E-state index >= 15 is 4.39 Å². The fourth-order valence-corrected chi connectivity index (χ4v) is 9.25. The highest BCUT2D eigenvalue weighted by atomic mass is 31.2. The number of nitrogens with zero attached hydrogens (tertiary/aromatic N) is 9. The molecule has 4 aromatic heterocycles. The second-order valence-electron chi connectivity index (χ2n) is 14.8. The number of unbranched alkanes of at least 4 members (excludes halogenated alkanes) is 1. The quantitative estimate of drug-likeness (QED) is 0.0994. The van der Waals surface area contributed by atoms with E-state index in [0.717, 1.165) is 21.8 Å². The lowest BCUT2D eigenvalue weighted by Crippen LogP contribution is -2.36. The first-order valence-corrected chi connectivity index (χ1v) is 22.5. The number of carbonyl (C=O) groups excluding carboxylic acids is 2. The second kappa shape index (κ2) is 19.0. The van der Waals surface area contributed by atoms with E-state index in [4.69, 9.17) is 42.6 Å². The maximum atomic E-state index is 16.7. The lowest BCUT2D eigenvalue weighted by molar-refractivity contribution is -0.120. The molecule has 27 nitrogen and oxygen atoms in total. The molecule has 10 atom stereocenters. The smallest absolute Gasteiger partial charge is 0.394 e. The SMILES string of the molecule is CC(C)C(=O)Nc1nc2c3ncn2C2C[C@H](OP(=O)(O)OCCC#N)C(COP(=O)(OCCCC#N)O[C@@H]4C(CO)OC([C@@H]4F)n4cnc5c(=O)[nH]c(nc54)NC(=O)C(C)n1c3=O)O2. The Morgan fingerprint density at radius 1 is 1.11 bits per heavy atom. The number of nitriles is 2. The van der Waals surface area contributed by atoms with E-state index in [1.54, 1.807) is 19.9 Å². The summed E-state index contributed by atoms with van der Waals surface area (Å²) in [6, 6.07) is 2.14. The number of aliphatic hydroxyl groups is 1. The highest BCUT2D eigenvalue weighted by molar-refractivity contribution is 7.48. The number of rotatable bonds is 12. The number of amides is 2. The predicted molar refractivity (Wildman–Crippen MR) is 211 cm³/mol. The molecule has 64 heavy (non-hydrogen) atoms. The topological polar surface area (TPSA) is 361 Å². The summed E-state index contributed by atoms with van der Waals surface area (Å²) in [6.45, 7) is 1.71. The number of nitrogens with one attached hydrogen (secondary N) is 3. The van der Waals surface area contributed by atoms with Crippen molar-refractivity contribution in [1.29, 1.82) is 10.5 Å². The third kappa shape index (κ3) is 9.53. The van der Waals surface area contributed by atoms with Crippen molar-refractivity contribution in [2.45, 2.75) is 95.5 Å². The number of H-pyrrole nitrogens is 1. The monoisotopic (exact) mass is 938 g/mol. The van der Waals surface area contributed by atoms with Gasteiger partial charge in [-0.2, -0.15) is 20.5 Å². The summed E-state index contributed by atoms with van der Waals surface area (Å²) in [5.74, 6) is -3.16. The fraction of sp³-hybridized carbons (Fsp3) is 0.588. The van der Waals surface area contributed by atoms with Gasteiger partial charge in [-0.3, -0.25) is 71.1 Å². The zero-order valence-corrected chi connectivity index (χ0v) is 35.8. The van der Waals surface area contributed by atoms with Crippen LogP contribution in [0.2, 0.25) is 0 Å². The number of alkyl halides is 1. The van der Waals surface area contributed by atoms with Gasteiger partial charge in [-0.05, 0) is 13.3 Å². The Labute approximate surface area is 359 Å². The number of imidazole rings is 2. The van der Waals surface area contributed by atoms with Crippen molar-refractivity contribution in [2.75, 3.05) is 37.1 Å². The average Bonchev–Trinajstić information content (AvgIpc) is 4.03. The number of hydrogen-bond acceptors (Lipinski definition) is 20. The average molecular weight is 939 g/mol. The molecule has 8 rings (SSSR count). The van der Waals surface area contributed by atoms with Crippen molar-refractivity contribution in [1.82, 2.24) is 38.6 Å². The molecule has 8 heterocycles. The molecule has 0 saturated carbocycles. The van der Waals surface area contributed by atoms with Crippen LogP contribution in [0.3, 0.4) is 0 Å². The van der Waals surface area contributed by atoms with E-state index in [9.17, 15) is 38.3 Å². The molecule has 2 amide bonds. The highest BCUT2D eigenvalue weighted by Gasteiger charge is 2.52. The van der Waals surface area contributed by atoms with Gasteiger partial charge in [0.1, 0.15) is 36.7 Å². The Morgan fingerprint density at radius 2 is 1.83 bits per heavy atom. The van der Waals surface area contributed by atoms with Crippen molar-refractivity contribution >= 4 is 61.7 Å². The Hall–Kier alpha value is -5.35. The predicted octanol–water partition coefficient (Wildman–Crippen LogP) is 1.60. The number of phosphoric ester groups is 2. The van der Waals surface area contributed by atoms with Gasteiger partial charge in [0.2, 0.25) is 23.7 Å². The van der Waals surface area contributed by atoms with Gasteiger partial charge < -0.3 is 19.5 Å². The van der Waals surface area contributed by atoms with Crippen molar-refractivity contribution in [2.24, 2.45) is 5.92 Å². The number of aliphatic hydroxyl groups excluding tert-OH is 1. The van der Waals surface area contributed by atoms with Gasteiger partial charge in [0, 0.05) is 18.8 Å². The number of ether oxygens (including phenoxy) is 2.